The number of hydrogen-bond acceptors (Lipinski definition) is 9. The molecule has 12 heteroatoms. The van der Waals surface area contributed by atoms with Crippen LogP contribution in [0, 0.1) is 0 Å². The first-order valence-electron chi connectivity index (χ1n) is 8.91. The van der Waals surface area contributed by atoms with E-state index in [9.17, 15) is 13.2 Å². The van der Waals surface area contributed by atoms with Gasteiger partial charge in [0.25, 0.3) is 10.0 Å². The number of sulfonamides is 1. The average Bonchev–Trinajstić information content (AvgIpc) is 3.49. The lowest BCUT2D eigenvalue weighted by molar-refractivity contribution is -0.131. The SMILES string of the molecule is O=C(CNS(=O)(=O)c1cccs1)N1CCN(Cc2nc(-c3cccs3)no2)CC1. The number of carbonyl (C=O) groups is 1. The van der Waals surface area contributed by atoms with Gasteiger partial charge in [0.2, 0.25) is 17.6 Å². The largest absolute Gasteiger partial charge is 0.339 e. The van der Waals surface area contributed by atoms with E-state index in [1.165, 1.54) is 6.07 Å². The zero-order valence-corrected chi connectivity index (χ0v) is 17.8. The van der Waals surface area contributed by atoms with Gasteiger partial charge in [-0.3, -0.25) is 9.69 Å². The second kappa shape index (κ2) is 8.71. The molecule has 29 heavy (non-hydrogen) atoms. The molecule has 1 fully saturated rings. The van der Waals surface area contributed by atoms with Gasteiger partial charge in [-0.05, 0) is 22.9 Å². The van der Waals surface area contributed by atoms with Crippen LogP contribution in [0.3, 0.4) is 0 Å². The van der Waals surface area contributed by atoms with Crippen LogP contribution in [0.4, 0.5) is 0 Å². The Labute approximate surface area is 176 Å². The topological polar surface area (TPSA) is 109 Å². The van der Waals surface area contributed by atoms with Crippen LogP contribution in [0.15, 0.2) is 43.8 Å². The third-order valence-electron chi connectivity index (χ3n) is 4.47. The Morgan fingerprint density at radius 1 is 1.14 bits per heavy atom. The lowest BCUT2D eigenvalue weighted by atomic mass is 10.3. The second-order valence-corrected chi connectivity index (χ2v) is 10.3. The van der Waals surface area contributed by atoms with Gasteiger partial charge in [0, 0.05) is 26.2 Å². The van der Waals surface area contributed by atoms with E-state index in [2.05, 4.69) is 19.8 Å². The normalized spacial score (nSPS) is 15.7. The van der Waals surface area contributed by atoms with Crippen LogP contribution in [-0.4, -0.2) is 67.0 Å². The van der Waals surface area contributed by atoms with E-state index in [1.54, 1.807) is 27.7 Å². The van der Waals surface area contributed by atoms with E-state index in [4.69, 9.17) is 4.52 Å². The summed E-state index contributed by atoms with van der Waals surface area (Å²) in [5, 5.41) is 7.65. The second-order valence-electron chi connectivity index (χ2n) is 6.40. The first-order chi connectivity index (χ1) is 14.0. The highest BCUT2D eigenvalue weighted by Crippen LogP contribution is 2.21. The standard InChI is InChI=1S/C17H19N5O4S3/c23-15(11-18-29(24,25)16-4-2-10-28-16)22-7-5-21(6-8-22)12-14-19-17(20-26-14)13-3-1-9-27-13/h1-4,9-10,18H,5-8,11-12H2. The number of thiophene rings is 2. The minimum Gasteiger partial charge on any atom is -0.339 e. The summed E-state index contributed by atoms with van der Waals surface area (Å²) in [6.07, 6.45) is 0. The Bertz CT molecular complexity index is 1040. The van der Waals surface area contributed by atoms with Gasteiger partial charge in [-0.1, -0.05) is 17.3 Å². The van der Waals surface area contributed by atoms with Crippen molar-refractivity contribution in [1.29, 1.82) is 0 Å². The molecular weight excluding hydrogens is 434 g/mol. The molecule has 3 aromatic heterocycles. The molecule has 1 N–H and O–H groups in total. The molecule has 1 aliphatic rings. The Balaban J connectivity index is 1.24. The third-order valence-corrected chi connectivity index (χ3v) is 8.13. The van der Waals surface area contributed by atoms with Gasteiger partial charge >= 0.3 is 0 Å². The van der Waals surface area contributed by atoms with Crippen molar-refractivity contribution in [2.45, 2.75) is 10.8 Å². The van der Waals surface area contributed by atoms with Crippen LogP contribution >= 0.6 is 22.7 Å². The molecule has 0 spiro atoms. The summed E-state index contributed by atoms with van der Waals surface area (Å²) in [5.41, 5.74) is 0. The highest BCUT2D eigenvalue weighted by molar-refractivity contribution is 7.91. The number of rotatable bonds is 7. The van der Waals surface area contributed by atoms with Crippen molar-refractivity contribution in [2.24, 2.45) is 0 Å². The van der Waals surface area contributed by atoms with E-state index in [1.807, 2.05) is 17.5 Å². The third kappa shape index (κ3) is 4.90. The van der Waals surface area contributed by atoms with Gasteiger partial charge in [0.1, 0.15) is 4.21 Å². The molecule has 0 radical (unpaired) electrons. The summed E-state index contributed by atoms with van der Waals surface area (Å²) >= 11 is 2.67. The quantitative estimate of drug-likeness (QED) is 0.577. The van der Waals surface area contributed by atoms with Crippen molar-refractivity contribution in [2.75, 3.05) is 32.7 Å². The molecule has 0 atom stereocenters. The van der Waals surface area contributed by atoms with E-state index in [0.29, 0.717) is 44.4 Å². The molecule has 1 saturated heterocycles. The molecule has 1 amide bonds. The van der Waals surface area contributed by atoms with Crippen molar-refractivity contribution in [3.63, 3.8) is 0 Å². The van der Waals surface area contributed by atoms with Crippen LogP contribution in [0.5, 0.6) is 0 Å². The highest BCUT2D eigenvalue weighted by Gasteiger charge is 2.24. The Kier molecular flexibility index (Phi) is 6.06. The predicted octanol–water partition coefficient (Wildman–Crippen LogP) is 1.48. The molecule has 0 unspecified atom stereocenters. The molecule has 0 aliphatic carbocycles. The van der Waals surface area contributed by atoms with Crippen molar-refractivity contribution < 1.29 is 17.7 Å². The molecule has 0 bridgehead atoms. The number of nitrogens with one attached hydrogen (secondary N) is 1. The van der Waals surface area contributed by atoms with Crippen LogP contribution in [0.25, 0.3) is 10.7 Å². The number of amides is 1. The van der Waals surface area contributed by atoms with Crippen molar-refractivity contribution in [3.8, 4) is 10.7 Å². The lowest BCUT2D eigenvalue weighted by Gasteiger charge is -2.33. The molecule has 1 aliphatic heterocycles. The van der Waals surface area contributed by atoms with E-state index in [-0.39, 0.29) is 16.7 Å². The van der Waals surface area contributed by atoms with E-state index >= 15 is 0 Å². The molecule has 0 aromatic carbocycles. The van der Waals surface area contributed by atoms with E-state index in [0.717, 1.165) is 16.2 Å². The summed E-state index contributed by atoms with van der Waals surface area (Å²) < 4.78 is 32.1. The fraction of sp³-hybridized carbons (Fsp3) is 0.353. The first-order valence-corrected chi connectivity index (χ1v) is 12.2. The maximum Gasteiger partial charge on any atom is 0.250 e. The number of piperazine rings is 1. The van der Waals surface area contributed by atoms with Crippen molar-refractivity contribution in [3.05, 3.63) is 40.9 Å². The van der Waals surface area contributed by atoms with Crippen LogP contribution in [-0.2, 0) is 21.4 Å². The minimum absolute atomic E-state index is 0.205. The monoisotopic (exact) mass is 453 g/mol. The zero-order valence-electron chi connectivity index (χ0n) is 15.4. The average molecular weight is 454 g/mol. The summed E-state index contributed by atoms with van der Waals surface area (Å²) in [7, 11) is -3.63. The van der Waals surface area contributed by atoms with Crippen molar-refractivity contribution in [1.82, 2.24) is 24.7 Å². The fourth-order valence-corrected chi connectivity index (χ4v) is 5.59. The number of hydrogen-bond donors (Lipinski definition) is 1. The maximum absolute atomic E-state index is 12.4. The van der Waals surface area contributed by atoms with Gasteiger partial charge in [0.15, 0.2) is 0 Å². The zero-order chi connectivity index (χ0) is 20.3. The van der Waals surface area contributed by atoms with Gasteiger partial charge in [-0.25, -0.2) is 13.1 Å². The molecule has 4 heterocycles. The Hall–Kier alpha value is -2.12. The summed E-state index contributed by atoms with van der Waals surface area (Å²) in [6.45, 7) is 2.62. The van der Waals surface area contributed by atoms with Crippen LogP contribution < -0.4 is 4.72 Å². The first kappa shape index (κ1) is 20.2. The minimum atomic E-state index is -3.63. The van der Waals surface area contributed by atoms with Gasteiger partial charge in [0.05, 0.1) is 18.0 Å². The van der Waals surface area contributed by atoms with Crippen LogP contribution in [0.1, 0.15) is 5.89 Å². The Morgan fingerprint density at radius 3 is 2.59 bits per heavy atom. The molecule has 0 saturated carbocycles. The number of nitrogens with zero attached hydrogens (tertiary/aromatic N) is 4. The predicted molar refractivity (Wildman–Crippen MR) is 109 cm³/mol. The van der Waals surface area contributed by atoms with Crippen LogP contribution in [0.2, 0.25) is 0 Å². The summed E-state index contributed by atoms with van der Waals surface area (Å²) in [5.74, 6) is 0.890. The molecule has 154 valence electrons. The fourth-order valence-electron chi connectivity index (χ4n) is 2.93. The molecule has 3 aromatic rings. The molecule has 9 nitrogen and oxygen atoms in total. The smallest absolute Gasteiger partial charge is 0.250 e. The number of aromatic nitrogens is 2. The highest BCUT2D eigenvalue weighted by atomic mass is 32.2. The lowest BCUT2D eigenvalue weighted by Crippen LogP contribution is -2.50. The van der Waals surface area contributed by atoms with Crippen molar-refractivity contribution >= 4 is 38.6 Å². The summed E-state index contributed by atoms with van der Waals surface area (Å²) in [6, 6.07) is 7.05. The van der Waals surface area contributed by atoms with Gasteiger partial charge in [-0.15, -0.1) is 22.7 Å². The van der Waals surface area contributed by atoms with Gasteiger partial charge < -0.3 is 9.42 Å². The van der Waals surface area contributed by atoms with E-state index < -0.39 is 10.0 Å². The number of carbonyl (C=O) groups excluding carboxylic acids is 1. The summed E-state index contributed by atoms with van der Waals surface area (Å²) in [4.78, 5) is 21.5. The molecular formula is C17H19N5O4S3. The van der Waals surface area contributed by atoms with Gasteiger partial charge in [-0.2, -0.15) is 4.98 Å². The maximum atomic E-state index is 12.4. The Morgan fingerprint density at radius 2 is 1.90 bits per heavy atom. The molecule has 4 rings (SSSR count).